The minimum atomic E-state index is -3.23. The second kappa shape index (κ2) is 7.06. The summed E-state index contributed by atoms with van der Waals surface area (Å²) in [6.07, 6.45) is 1.55. The first-order valence-electron chi connectivity index (χ1n) is 2.70. The van der Waals surface area contributed by atoms with Gasteiger partial charge < -0.3 is 9.26 Å². The van der Waals surface area contributed by atoms with Crippen LogP contribution in [0.3, 0.4) is 0 Å². The predicted molar refractivity (Wildman–Crippen MR) is 36.1 cm³/mol. The molecule has 0 radical (unpaired) electrons. The molecule has 0 rings (SSSR count). The Balaban J connectivity index is 2.83. The zero-order valence-electron chi connectivity index (χ0n) is 5.43. The Morgan fingerprint density at radius 3 is 2.60 bits per heavy atom. The molecule has 2 nitrogen and oxygen atoms in total. The van der Waals surface area contributed by atoms with Crippen LogP contribution in [0.4, 0.5) is 8.39 Å². The van der Waals surface area contributed by atoms with Crippen molar-refractivity contribution >= 4 is 8.77 Å². The lowest BCUT2D eigenvalue weighted by Gasteiger charge is -1.99. The fourth-order valence-corrected chi connectivity index (χ4v) is 0.544. The van der Waals surface area contributed by atoms with Crippen LogP contribution in [0.1, 0.15) is 0 Å². The van der Waals surface area contributed by atoms with Gasteiger partial charge in [-0.2, -0.15) is 8.39 Å². The monoisotopic (exact) mass is 170 g/mol. The number of hydrogen-bond acceptors (Lipinski definition) is 2. The van der Waals surface area contributed by atoms with Gasteiger partial charge >= 0.3 is 8.77 Å². The molecular weight excluding hydrogens is 161 g/mol. The molecular formula is C5H9F2O2P. The summed E-state index contributed by atoms with van der Waals surface area (Å²) in [6.45, 7) is 3.90. The molecule has 60 valence electrons. The van der Waals surface area contributed by atoms with Crippen molar-refractivity contribution in [2.45, 2.75) is 0 Å². The van der Waals surface area contributed by atoms with Gasteiger partial charge in [-0.05, 0) is 0 Å². The summed E-state index contributed by atoms with van der Waals surface area (Å²) in [5, 5.41) is 0. The van der Waals surface area contributed by atoms with Crippen molar-refractivity contribution in [3.05, 3.63) is 12.7 Å². The van der Waals surface area contributed by atoms with Crippen LogP contribution in [0, 0.1) is 0 Å². The molecule has 0 aromatic rings. The highest BCUT2D eigenvalue weighted by Gasteiger charge is 2.02. The minimum Gasteiger partial charge on any atom is -0.375 e. The topological polar surface area (TPSA) is 18.5 Å². The third kappa shape index (κ3) is 7.95. The zero-order valence-corrected chi connectivity index (χ0v) is 6.32. The molecule has 0 amide bonds. The van der Waals surface area contributed by atoms with E-state index in [1.54, 1.807) is 6.08 Å². The Morgan fingerprint density at radius 2 is 2.10 bits per heavy atom. The molecule has 0 aliphatic carbocycles. The Kier molecular flexibility index (Phi) is 7.03. The summed E-state index contributed by atoms with van der Waals surface area (Å²) in [7, 11) is -3.23. The first kappa shape index (κ1) is 9.95. The molecule has 0 aliphatic heterocycles. The van der Waals surface area contributed by atoms with E-state index in [0.29, 0.717) is 6.61 Å². The summed E-state index contributed by atoms with van der Waals surface area (Å²) in [5.74, 6) is 0. The maximum atomic E-state index is 11.3. The lowest BCUT2D eigenvalue weighted by atomic mass is 10.7. The van der Waals surface area contributed by atoms with Crippen molar-refractivity contribution in [2.24, 2.45) is 0 Å². The highest BCUT2D eigenvalue weighted by molar-refractivity contribution is 7.40. The molecule has 0 spiro atoms. The Morgan fingerprint density at radius 1 is 1.40 bits per heavy atom. The van der Waals surface area contributed by atoms with Crippen molar-refractivity contribution in [3.8, 4) is 0 Å². The summed E-state index contributed by atoms with van der Waals surface area (Å²) in [6, 6.07) is 0. The average molecular weight is 170 g/mol. The molecule has 0 saturated heterocycles. The van der Waals surface area contributed by atoms with Gasteiger partial charge in [0, 0.05) is 0 Å². The zero-order chi connectivity index (χ0) is 7.82. The second-order valence-corrected chi connectivity index (χ2v) is 2.06. The highest BCUT2D eigenvalue weighted by Crippen LogP contribution is 2.39. The van der Waals surface area contributed by atoms with Crippen molar-refractivity contribution in [1.82, 2.24) is 0 Å². The molecule has 0 N–H and O–H groups in total. The van der Waals surface area contributed by atoms with Gasteiger partial charge in [0.2, 0.25) is 0 Å². The third-order valence-corrected chi connectivity index (χ3v) is 1.03. The van der Waals surface area contributed by atoms with Crippen molar-refractivity contribution in [2.75, 3.05) is 19.8 Å². The first-order valence-corrected chi connectivity index (χ1v) is 3.74. The van der Waals surface area contributed by atoms with Gasteiger partial charge in [0.25, 0.3) is 0 Å². The fraction of sp³-hybridized carbons (Fsp3) is 0.600. The van der Waals surface area contributed by atoms with E-state index in [4.69, 9.17) is 4.74 Å². The summed E-state index contributed by atoms with van der Waals surface area (Å²) in [5.41, 5.74) is 0. The Bertz CT molecular complexity index is 89.7. The Hall–Kier alpha value is -0.0500. The van der Waals surface area contributed by atoms with Gasteiger partial charge in [0.05, 0.1) is 19.8 Å². The molecule has 0 fully saturated rings. The van der Waals surface area contributed by atoms with Gasteiger partial charge in [0.15, 0.2) is 0 Å². The van der Waals surface area contributed by atoms with Crippen LogP contribution in [0.5, 0.6) is 0 Å². The van der Waals surface area contributed by atoms with E-state index in [9.17, 15) is 8.39 Å². The SMILES string of the molecule is C=CCOCCOP(F)F. The Labute approximate surface area is 59.9 Å². The molecule has 0 aliphatic rings. The molecule has 0 aromatic carbocycles. The molecule has 5 heteroatoms. The molecule has 0 aromatic heterocycles. The van der Waals surface area contributed by atoms with Crippen LogP contribution in [0.15, 0.2) is 12.7 Å². The van der Waals surface area contributed by atoms with Gasteiger partial charge in [-0.15, -0.1) is 6.58 Å². The smallest absolute Gasteiger partial charge is 0.375 e. The van der Waals surface area contributed by atoms with E-state index < -0.39 is 8.77 Å². The van der Waals surface area contributed by atoms with E-state index in [0.717, 1.165) is 0 Å². The van der Waals surface area contributed by atoms with E-state index in [1.807, 2.05) is 0 Å². The molecule has 0 saturated carbocycles. The molecule has 0 atom stereocenters. The van der Waals surface area contributed by atoms with Gasteiger partial charge in [-0.25, -0.2) is 0 Å². The van der Waals surface area contributed by atoms with Crippen LogP contribution in [-0.2, 0) is 9.26 Å². The van der Waals surface area contributed by atoms with Gasteiger partial charge in [0.1, 0.15) is 0 Å². The quantitative estimate of drug-likeness (QED) is 0.346. The third-order valence-electron chi connectivity index (χ3n) is 0.652. The van der Waals surface area contributed by atoms with Gasteiger partial charge in [-0.3, -0.25) is 0 Å². The average Bonchev–Trinajstić information content (AvgIpc) is 1.87. The van der Waals surface area contributed by atoms with E-state index in [2.05, 4.69) is 11.1 Å². The van der Waals surface area contributed by atoms with Crippen LogP contribution in [0.25, 0.3) is 0 Å². The van der Waals surface area contributed by atoms with E-state index >= 15 is 0 Å². The van der Waals surface area contributed by atoms with Crippen LogP contribution in [-0.4, -0.2) is 19.8 Å². The summed E-state index contributed by atoms with van der Waals surface area (Å²) >= 11 is 0. The maximum absolute atomic E-state index is 11.3. The van der Waals surface area contributed by atoms with Crippen molar-refractivity contribution in [1.29, 1.82) is 0 Å². The number of hydrogen-bond donors (Lipinski definition) is 0. The predicted octanol–water partition coefficient (Wildman–Crippen LogP) is 2.37. The largest absolute Gasteiger partial charge is 0.415 e. The van der Waals surface area contributed by atoms with Gasteiger partial charge in [-0.1, -0.05) is 6.08 Å². The fourth-order valence-electron chi connectivity index (χ4n) is 0.332. The number of ether oxygens (including phenoxy) is 1. The molecule has 10 heavy (non-hydrogen) atoms. The van der Waals surface area contributed by atoms with E-state index in [-0.39, 0.29) is 13.2 Å². The molecule has 0 heterocycles. The maximum Gasteiger partial charge on any atom is 0.415 e. The van der Waals surface area contributed by atoms with Crippen molar-refractivity contribution < 1.29 is 17.7 Å². The second-order valence-electron chi connectivity index (χ2n) is 1.40. The van der Waals surface area contributed by atoms with Crippen LogP contribution < -0.4 is 0 Å². The first-order chi connectivity index (χ1) is 4.77. The van der Waals surface area contributed by atoms with Crippen LogP contribution in [0.2, 0.25) is 0 Å². The number of rotatable bonds is 6. The lowest BCUT2D eigenvalue weighted by molar-refractivity contribution is 0.121. The standard InChI is InChI=1S/C5H9F2O2P/c1-2-3-8-4-5-9-10(6)7/h2H,1,3-5H2. The lowest BCUT2D eigenvalue weighted by Crippen LogP contribution is -1.99. The molecule has 0 unspecified atom stereocenters. The number of halogens is 2. The van der Waals surface area contributed by atoms with Crippen LogP contribution >= 0.6 is 8.77 Å². The molecule has 0 bridgehead atoms. The van der Waals surface area contributed by atoms with E-state index in [1.165, 1.54) is 0 Å². The summed E-state index contributed by atoms with van der Waals surface area (Å²) in [4.78, 5) is 0. The van der Waals surface area contributed by atoms with Crippen molar-refractivity contribution in [3.63, 3.8) is 0 Å². The minimum absolute atomic E-state index is 0.0491. The normalized spacial score (nSPS) is 10.3. The highest BCUT2D eigenvalue weighted by atomic mass is 31.2. The summed E-state index contributed by atoms with van der Waals surface area (Å²) < 4.78 is 31.3.